The number of hydrogen-bond acceptors (Lipinski definition) is 4. The van der Waals surface area contributed by atoms with E-state index in [0.29, 0.717) is 17.9 Å². The van der Waals surface area contributed by atoms with Gasteiger partial charge < -0.3 is 4.74 Å². The molecule has 1 aliphatic heterocycles. The lowest BCUT2D eigenvalue weighted by atomic mass is 9.91. The van der Waals surface area contributed by atoms with E-state index in [-0.39, 0.29) is 6.23 Å². The van der Waals surface area contributed by atoms with Crippen LogP contribution in [0.2, 0.25) is 0 Å². The average Bonchev–Trinajstić information content (AvgIpc) is 2.93. The Kier molecular flexibility index (Phi) is 2.78. The minimum atomic E-state index is 0.0323. The Balaban J connectivity index is 2.00. The van der Waals surface area contributed by atoms with Crippen LogP contribution in [0.3, 0.4) is 0 Å². The van der Waals surface area contributed by atoms with E-state index in [1.807, 2.05) is 10.9 Å². The smallest absolute Gasteiger partial charge is 0.165 e. The second-order valence-electron chi connectivity index (χ2n) is 5.08. The van der Waals surface area contributed by atoms with Gasteiger partial charge in [0.1, 0.15) is 18.1 Å². The van der Waals surface area contributed by atoms with Crippen LogP contribution in [0.15, 0.2) is 18.9 Å². The van der Waals surface area contributed by atoms with Crippen molar-refractivity contribution in [2.75, 3.05) is 0 Å². The average molecular weight is 246 g/mol. The molecule has 18 heavy (non-hydrogen) atoms. The maximum atomic E-state index is 6.15. The van der Waals surface area contributed by atoms with Crippen LogP contribution in [0.4, 0.5) is 0 Å². The molecule has 4 atom stereocenters. The first-order valence-electron chi connectivity index (χ1n) is 6.50. The van der Waals surface area contributed by atoms with Crippen LogP contribution in [0.25, 0.3) is 11.2 Å². The topological polar surface area (TPSA) is 52.8 Å². The second-order valence-corrected chi connectivity index (χ2v) is 5.08. The minimum Gasteiger partial charge on any atom is -0.354 e. The first kappa shape index (κ1) is 11.6. The van der Waals surface area contributed by atoms with Crippen LogP contribution in [-0.4, -0.2) is 25.6 Å². The highest BCUT2D eigenvalue weighted by Crippen LogP contribution is 2.40. The largest absolute Gasteiger partial charge is 0.354 e. The van der Waals surface area contributed by atoms with Crippen molar-refractivity contribution in [3.63, 3.8) is 0 Å². The number of imidazole rings is 1. The van der Waals surface area contributed by atoms with Crippen molar-refractivity contribution in [2.24, 2.45) is 11.8 Å². The normalized spacial score (nSPS) is 32.2. The van der Waals surface area contributed by atoms with Crippen molar-refractivity contribution in [1.29, 1.82) is 0 Å². The molecule has 0 aliphatic carbocycles. The molecule has 1 saturated heterocycles. The summed E-state index contributed by atoms with van der Waals surface area (Å²) in [6.07, 6.45) is 6.50. The van der Waals surface area contributed by atoms with Crippen LogP contribution >= 0.6 is 0 Å². The lowest BCUT2D eigenvalue weighted by Crippen LogP contribution is -2.15. The Morgan fingerprint density at radius 2 is 2.11 bits per heavy atom. The molecule has 1 fully saturated rings. The number of ether oxygens (including phenoxy) is 1. The number of aromatic nitrogens is 4. The predicted molar refractivity (Wildman–Crippen MR) is 67.9 cm³/mol. The van der Waals surface area contributed by atoms with E-state index in [9.17, 15) is 0 Å². The zero-order chi connectivity index (χ0) is 12.7. The number of nitrogens with zero attached hydrogens (tertiary/aromatic N) is 4. The monoisotopic (exact) mass is 246 g/mol. The van der Waals surface area contributed by atoms with E-state index in [1.165, 1.54) is 0 Å². The van der Waals surface area contributed by atoms with Crippen LogP contribution in [0, 0.1) is 11.8 Å². The standard InChI is InChI=1S/C13H18N4O/c1-4-11-8(2)9(3)13(18-11)17-7-16-10-5-14-6-15-12(10)17/h5-9,11,13H,4H2,1-3H3/t8-,9?,11+,13+/m0/s1. The molecule has 3 rings (SSSR count). The summed E-state index contributed by atoms with van der Waals surface area (Å²) >= 11 is 0. The van der Waals surface area contributed by atoms with Gasteiger partial charge in [0.05, 0.1) is 18.6 Å². The van der Waals surface area contributed by atoms with Gasteiger partial charge in [-0.25, -0.2) is 15.0 Å². The Morgan fingerprint density at radius 3 is 2.83 bits per heavy atom. The van der Waals surface area contributed by atoms with Gasteiger partial charge in [-0.2, -0.15) is 0 Å². The van der Waals surface area contributed by atoms with E-state index in [0.717, 1.165) is 17.6 Å². The summed E-state index contributed by atoms with van der Waals surface area (Å²) in [4.78, 5) is 12.6. The van der Waals surface area contributed by atoms with Gasteiger partial charge >= 0.3 is 0 Å². The molecular weight excluding hydrogens is 228 g/mol. The third kappa shape index (κ3) is 1.61. The molecule has 5 nitrogen and oxygen atoms in total. The van der Waals surface area contributed by atoms with Gasteiger partial charge in [-0.05, 0) is 12.3 Å². The van der Waals surface area contributed by atoms with Gasteiger partial charge in [0, 0.05) is 5.92 Å². The van der Waals surface area contributed by atoms with Crippen molar-refractivity contribution in [3.05, 3.63) is 18.9 Å². The predicted octanol–water partition coefficient (Wildman–Crippen LogP) is 2.41. The number of rotatable bonds is 2. The highest BCUT2D eigenvalue weighted by atomic mass is 16.5. The minimum absolute atomic E-state index is 0.0323. The zero-order valence-electron chi connectivity index (χ0n) is 10.9. The van der Waals surface area contributed by atoms with Crippen molar-refractivity contribution in [1.82, 2.24) is 19.5 Å². The summed E-state index contributed by atoms with van der Waals surface area (Å²) < 4.78 is 8.19. The van der Waals surface area contributed by atoms with Gasteiger partial charge in [-0.3, -0.25) is 4.57 Å². The van der Waals surface area contributed by atoms with Gasteiger partial charge in [0.25, 0.3) is 0 Å². The fourth-order valence-corrected chi connectivity index (χ4v) is 2.78. The van der Waals surface area contributed by atoms with E-state index in [1.54, 1.807) is 12.5 Å². The van der Waals surface area contributed by atoms with E-state index < -0.39 is 0 Å². The number of hydrogen-bond donors (Lipinski definition) is 0. The summed E-state index contributed by atoms with van der Waals surface area (Å²) in [5, 5.41) is 0. The molecule has 0 spiro atoms. The second kappa shape index (κ2) is 4.31. The fourth-order valence-electron chi connectivity index (χ4n) is 2.78. The van der Waals surface area contributed by atoms with Crippen molar-refractivity contribution in [2.45, 2.75) is 39.5 Å². The quantitative estimate of drug-likeness (QED) is 0.816. The Morgan fingerprint density at radius 1 is 1.28 bits per heavy atom. The van der Waals surface area contributed by atoms with E-state index in [2.05, 4.69) is 35.7 Å². The first-order valence-corrected chi connectivity index (χ1v) is 6.50. The third-order valence-corrected chi connectivity index (χ3v) is 4.09. The van der Waals surface area contributed by atoms with Crippen molar-refractivity contribution >= 4 is 11.2 Å². The molecule has 1 unspecified atom stereocenters. The first-order chi connectivity index (χ1) is 8.72. The molecule has 0 aromatic carbocycles. The Bertz CT molecular complexity index is 553. The molecule has 0 N–H and O–H groups in total. The molecule has 0 radical (unpaired) electrons. The molecule has 2 aromatic rings. The van der Waals surface area contributed by atoms with Crippen LogP contribution in [-0.2, 0) is 4.74 Å². The highest BCUT2D eigenvalue weighted by molar-refractivity contribution is 5.68. The van der Waals surface area contributed by atoms with Gasteiger partial charge in [0.2, 0.25) is 0 Å². The molecule has 5 heteroatoms. The van der Waals surface area contributed by atoms with Gasteiger partial charge in [0.15, 0.2) is 5.65 Å². The van der Waals surface area contributed by atoms with E-state index in [4.69, 9.17) is 4.74 Å². The summed E-state index contributed by atoms with van der Waals surface area (Å²) in [6, 6.07) is 0. The molecule has 3 heterocycles. The van der Waals surface area contributed by atoms with Gasteiger partial charge in [-0.15, -0.1) is 0 Å². The van der Waals surface area contributed by atoms with Crippen LogP contribution in [0.5, 0.6) is 0 Å². The maximum Gasteiger partial charge on any atom is 0.165 e. The highest BCUT2D eigenvalue weighted by Gasteiger charge is 2.39. The molecule has 96 valence electrons. The van der Waals surface area contributed by atoms with Gasteiger partial charge in [-0.1, -0.05) is 20.8 Å². The molecule has 0 bridgehead atoms. The van der Waals surface area contributed by atoms with E-state index >= 15 is 0 Å². The molecule has 0 amide bonds. The lowest BCUT2D eigenvalue weighted by Gasteiger charge is -2.17. The maximum absolute atomic E-state index is 6.15. The van der Waals surface area contributed by atoms with Crippen LogP contribution < -0.4 is 0 Å². The Labute approximate surface area is 106 Å². The van der Waals surface area contributed by atoms with Crippen LogP contribution in [0.1, 0.15) is 33.4 Å². The lowest BCUT2D eigenvalue weighted by molar-refractivity contribution is -0.0120. The molecule has 2 aromatic heterocycles. The Hall–Kier alpha value is -1.49. The number of fused-ring (bicyclic) bond motifs is 1. The summed E-state index contributed by atoms with van der Waals surface area (Å²) in [5.74, 6) is 1.02. The van der Waals surface area contributed by atoms with Crippen molar-refractivity contribution in [3.8, 4) is 0 Å². The fraction of sp³-hybridized carbons (Fsp3) is 0.615. The third-order valence-electron chi connectivity index (χ3n) is 4.09. The molecule has 0 saturated carbocycles. The SMILES string of the molecule is CC[C@H]1O[C@@H](n2cnc3cncnc32)C(C)[C@@H]1C. The summed E-state index contributed by atoms with van der Waals surface area (Å²) in [6.45, 7) is 6.66. The molecule has 1 aliphatic rings. The zero-order valence-corrected chi connectivity index (χ0v) is 10.9. The summed E-state index contributed by atoms with van der Waals surface area (Å²) in [5.41, 5.74) is 1.67. The molecular formula is C13H18N4O. The summed E-state index contributed by atoms with van der Waals surface area (Å²) in [7, 11) is 0. The van der Waals surface area contributed by atoms with Crippen molar-refractivity contribution < 1.29 is 4.74 Å².